The van der Waals surface area contributed by atoms with E-state index in [0.29, 0.717) is 12.4 Å². The Morgan fingerprint density at radius 3 is 1.83 bits per heavy atom. The van der Waals surface area contributed by atoms with Crippen molar-refractivity contribution < 1.29 is 38.2 Å². The summed E-state index contributed by atoms with van der Waals surface area (Å²) in [5.74, 6) is -1.48. The molecule has 4 unspecified atom stereocenters. The van der Waals surface area contributed by atoms with Gasteiger partial charge in [-0.3, -0.25) is 19.8 Å². The Bertz CT molecular complexity index is 1490. The van der Waals surface area contributed by atoms with E-state index in [1.54, 1.807) is 18.9 Å². The SMILES string of the molecule is COC(=O)NC(C(=O)NC(Cc1ccccc1)C(CN(CC1CCCCC1)NC(=O)C(NC(=O)OC)C(C)C)OC(=O)Cc1ccc(CCl)cc1)C(C)C. The molecule has 2 aromatic rings. The summed E-state index contributed by atoms with van der Waals surface area (Å²) in [6.07, 6.45) is 2.92. The van der Waals surface area contributed by atoms with Crippen molar-refractivity contribution in [3.05, 3.63) is 71.3 Å². The molecule has 0 saturated heterocycles. The van der Waals surface area contributed by atoms with Crippen molar-refractivity contribution in [2.45, 2.75) is 103 Å². The van der Waals surface area contributed by atoms with Crippen molar-refractivity contribution >= 4 is 41.6 Å². The largest absolute Gasteiger partial charge is 0.458 e. The molecule has 0 heterocycles. The van der Waals surface area contributed by atoms with Gasteiger partial charge in [-0.15, -0.1) is 11.6 Å². The quantitative estimate of drug-likeness (QED) is 0.0644. The van der Waals surface area contributed by atoms with Crippen LogP contribution >= 0.6 is 11.6 Å². The number of alkyl halides is 1. The van der Waals surface area contributed by atoms with E-state index < -0.39 is 54.2 Å². The minimum absolute atomic E-state index is 0.0107. The van der Waals surface area contributed by atoms with E-state index in [9.17, 15) is 24.0 Å². The van der Waals surface area contributed by atoms with Crippen LogP contribution in [0.15, 0.2) is 54.6 Å². The fraction of sp³-hybridized carbons (Fsp3) is 0.575. The number of ether oxygens (including phenoxy) is 3. The van der Waals surface area contributed by atoms with Gasteiger partial charge in [0.05, 0.1) is 33.2 Å². The minimum atomic E-state index is -0.982. The van der Waals surface area contributed by atoms with Crippen LogP contribution in [-0.4, -0.2) is 86.5 Å². The fourth-order valence-corrected chi connectivity index (χ4v) is 6.70. The number of halogens is 1. The number of rotatable bonds is 19. The zero-order valence-corrected chi connectivity index (χ0v) is 33.2. The van der Waals surface area contributed by atoms with Gasteiger partial charge in [-0.25, -0.2) is 14.6 Å². The third kappa shape index (κ3) is 14.8. The van der Waals surface area contributed by atoms with E-state index in [4.69, 9.17) is 25.8 Å². The maximum atomic E-state index is 14.0. The standard InChI is InChI=1S/C40H58ClN5O8/c1-26(2)35(43-39(50)52-5)37(48)42-32(21-28-13-9-7-10-14-28)33(54-34(47)22-29-17-19-30(23-41)20-18-29)25-46(24-31-15-11-8-12-16-31)45-38(49)36(27(3)4)44-40(51)53-6/h7,9-10,13-14,17-20,26-27,31-33,35-36H,8,11-12,15-16,21-25H2,1-6H3,(H,42,48)(H,43,50)(H,44,51)(H,45,49). The molecule has 1 saturated carbocycles. The second kappa shape index (κ2) is 22.8. The van der Waals surface area contributed by atoms with Gasteiger partial charge < -0.3 is 30.2 Å². The van der Waals surface area contributed by atoms with Gasteiger partial charge in [0.1, 0.15) is 18.2 Å². The number of hydrogen-bond donors (Lipinski definition) is 4. The molecule has 1 fully saturated rings. The van der Waals surface area contributed by atoms with Gasteiger partial charge >= 0.3 is 18.2 Å². The fourth-order valence-electron chi connectivity index (χ4n) is 6.52. The molecule has 0 spiro atoms. The first-order valence-corrected chi connectivity index (χ1v) is 19.3. The lowest BCUT2D eigenvalue weighted by Gasteiger charge is -2.36. The van der Waals surface area contributed by atoms with Crippen LogP contribution in [0.1, 0.15) is 76.5 Å². The first kappa shape index (κ1) is 44.0. The molecule has 4 atom stereocenters. The third-order valence-corrected chi connectivity index (χ3v) is 9.88. The van der Waals surface area contributed by atoms with Crippen LogP contribution in [0.5, 0.6) is 0 Å². The first-order valence-electron chi connectivity index (χ1n) is 18.7. The number of hydrazine groups is 1. The van der Waals surface area contributed by atoms with E-state index in [2.05, 4.69) is 21.4 Å². The summed E-state index contributed by atoms with van der Waals surface area (Å²) < 4.78 is 15.9. The molecule has 3 rings (SSSR count). The van der Waals surface area contributed by atoms with Crippen molar-refractivity contribution in [3.63, 3.8) is 0 Å². The Morgan fingerprint density at radius 1 is 0.741 bits per heavy atom. The molecule has 4 amide bonds. The Kier molecular flexibility index (Phi) is 18.6. The van der Waals surface area contributed by atoms with Gasteiger partial charge in [0, 0.05) is 12.4 Å². The summed E-state index contributed by atoms with van der Waals surface area (Å²) in [5, 5.41) is 10.1. The van der Waals surface area contributed by atoms with Crippen LogP contribution in [0.3, 0.4) is 0 Å². The predicted octanol–water partition coefficient (Wildman–Crippen LogP) is 5.28. The van der Waals surface area contributed by atoms with E-state index >= 15 is 0 Å². The number of esters is 1. The van der Waals surface area contributed by atoms with Crippen LogP contribution in [0.2, 0.25) is 0 Å². The van der Waals surface area contributed by atoms with Gasteiger partial charge in [-0.2, -0.15) is 0 Å². The van der Waals surface area contributed by atoms with Crippen molar-refractivity contribution in [1.82, 2.24) is 26.4 Å². The van der Waals surface area contributed by atoms with E-state index in [1.807, 2.05) is 68.4 Å². The van der Waals surface area contributed by atoms with Crippen molar-refractivity contribution in [2.75, 3.05) is 27.3 Å². The number of hydrogen-bond acceptors (Lipinski definition) is 9. The third-order valence-electron chi connectivity index (χ3n) is 9.57. The summed E-state index contributed by atoms with van der Waals surface area (Å²) in [5.41, 5.74) is 5.52. The van der Waals surface area contributed by atoms with E-state index in [-0.39, 0.29) is 37.1 Å². The van der Waals surface area contributed by atoms with E-state index in [1.165, 1.54) is 14.2 Å². The van der Waals surface area contributed by atoms with Gasteiger partial charge in [0.25, 0.3) is 5.91 Å². The normalized spacial score (nSPS) is 15.4. The Hall–Kier alpha value is -4.36. The molecule has 298 valence electrons. The highest BCUT2D eigenvalue weighted by molar-refractivity contribution is 6.17. The lowest BCUT2D eigenvalue weighted by atomic mass is 9.89. The molecule has 0 aromatic heterocycles. The highest BCUT2D eigenvalue weighted by Gasteiger charge is 2.35. The molecule has 14 heteroatoms. The molecular weight excluding hydrogens is 714 g/mol. The summed E-state index contributed by atoms with van der Waals surface area (Å²) >= 11 is 5.98. The Morgan fingerprint density at radius 2 is 1.30 bits per heavy atom. The predicted molar refractivity (Wildman–Crippen MR) is 206 cm³/mol. The average molecular weight is 772 g/mol. The molecule has 1 aliphatic rings. The van der Waals surface area contributed by atoms with Crippen molar-refractivity contribution in [1.29, 1.82) is 0 Å². The molecule has 0 aliphatic heterocycles. The summed E-state index contributed by atoms with van der Waals surface area (Å²) in [4.78, 5) is 66.1. The average Bonchev–Trinajstić information content (AvgIpc) is 3.15. The molecule has 4 N–H and O–H groups in total. The molecule has 0 bridgehead atoms. The maximum absolute atomic E-state index is 14.0. The summed E-state index contributed by atoms with van der Waals surface area (Å²) in [6.45, 7) is 7.69. The van der Waals surface area contributed by atoms with Crippen LogP contribution in [0.4, 0.5) is 9.59 Å². The first-order chi connectivity index (χ1) is 25.8. The van der Waals surface area contributed by atoms with Crippen LogP contribution in [0.25, 0.3) is 0 Å². The van der Waals surface area contributed by atoms with Gasteiger partial charge in [-0.05, 0) is 53.7 Å². The topological polar surface area (TPSA) is 164 Å². The lowest BCUT2D eigenvalue weighted by Crippen LogP contribution is -2.60. The number of methoxy groups -OCH3 is 2. The molecule has 54 heavy (non-hydrogen) atoms. The number of nitrogens with zero attached hydrogens (tertiary/aromatic N) is 1. The van der Waals surface area contributed by atoms with Crippen LogP contribution in [-0.2, 0) is 47.3 Å². The molecule has 1 aliphatic carbocycles. The summed E-state index contributed by atoms with van der Waals surface area (Å²) in [6, 6.07) is 14.1. The Balaban J connectivity index is 2.05. The highest BCUT2D eigenvalue weighted by Crippen LogP contribution is 2.25. The number of alkyl carbamates (subject to hydrolysis) is 2. The number of nitrogens with one attached hydrogen (secondary N) is 4. The van der Waals surface area contributed by atoms with Crippen LogP contribution in [0, 0.1) is 17.8 Å². The molecular formula is C40H58ClN5O8. The van der Waals surface area contributed by atoms with Gasteiger partial charge in [0.15, 0.2) is 0 Å². The lowest BCUT2D eigenvalue weighted by molar-refractivity contribution is -0.153. The minimum Gasteiger partial charge on any atom is -0.458 e. The molecule has 13 nitrogen and oxygen atoms in total. The number of carbonyl (C=O) groups excluding carboxylic acids is 5. The Labute approximate surface area is 324 Å². The van der Waals surface area contributed by atoms with Gasteiger partial charge in [-0.1, -0.05) is 102 Å². The summed E-state index contributed by atoms with van der Waals surface area (Å²) in [7, 11) is 2.46. The zero-order chi connectivity index (χ0) is 39.6. The number of carbonyl (C=O) groups is 5. The monoisotopic (exact) mass is 771 g/mol. The van der Waals surface area contributed by atoms with Crippen LogP contribution < -0.4 is 21.4 Å². The second-order valence-electron chi connectivity index (χ2n) is 14.6. The van der Waals surface area contributed by atoms with Gasteiger partial charge in [0.2, 0.25) is 5.91 Å². The highest BCUT2D eigenvalue weighted by atomic mass is 35.5. The number of amides is 4. The molecule has 0 radical (unpaired) electrons. The zero-order valence-electron chi connectivity index (χ0n) is 32.4. The number of benzene rings is 2. The molecule has 2 aromatic carbocycles. The van der Waals surface area contributed by atoms with E-state index in [0.717, 1.165) is 48.8 Å². The smallest absolute Gasteiger partial charge is 0.407 e. The second-order valence-corrected chi connectivity index (χ2v) is 14.8. The maximum Gasteiger partial charge on any atom is 0.407 e. The van der Waals surface area contributed by atoms with Crippen molar-refractivity contribution in [2.24, 2.45) is 17.8 Å². The van der Waals surface area contributed by atoms with Crippen molar-refractivity contribution in [3.8, 4) is 0 Å².